The van der Waals surface area contributed by atoms with Crippen LogP contribution < -0.4 is 11.5 Å². The predicted octanol–water partition coefficient (Wildman–Crippen LogP) is 2.24. The molecule has 5 N–H and O–H groups in total. The van der Waals surface area contributed by atoms with Crippen molar-refractivity contribution < 1.29 is 5.11 Å². The van der Waals surface area contributed by atoms with Gasteiger partial charge in [0.15, 0.2) is 0 Å². The summed E-state index contributed by atoms with van der Waals surface area (Å²) >= 11 is 0. The Morgan fingerprint density at radius 3 is 2.73 bits per heavy atom. The number of hydrogen-bond acceptors (Lipinski definition) is 3. The molecular weight excluding hydrogens is 188 g/mol. The molecular formula is C12H18N2O. The Labute approximate surface area is 90.4 Å². The summed E-state index contributed by atoms with van der Waals surface area (Å²) in [4.78, 5) is 0. The molecule has 82 valence electrons. The van der Waals surface area contributed by atoms with Crippen molar-refractivity contribution in [1.29, 1.82) is 0 Å². The number of benzene rings is 1. The lowest BCUT2D eigenvalue weighted by Gasteiger charge is -2.14. The van der Waals surface area contributed by atoms with Gasteiger partial charge in [-0.05, 0) is 38.5 Å². The van der Waals surface area contributed by atoms with Crippen molar-refractivity contribution in [3.8, 4) is 0 Å². The highest BCUT2D eigenvalue weighted by Gasteiger charge is 2.11. The Bertz CT molecular complexity index is 372. The fourth-order valence-corrected chi connectivity index (χ4v) is 1.41. The molecule has 0 aliphatic heterocycles. The van der Waals surface area contributed by atoms with Crippen LogP contribution in [0.5, 0.6) is 0 Å². The zero-order chi connectivity index (χ0) is 11.4. The van der Waals surface area contributed by atoms with Crippen molar-refractivity contribution in [2.45, 2.75) is 26.4 Å². The predicted molar refractivity (Wildman–Crippen MR) is 64.3 cm³/mol. The third kappa shape index (κ3) is 2.99. The third-order valence-corrected chi connectivity index (χ3v) is 2.48. The normalized spacial score (nSPS) is 13.9. The van der Waals surface area contributed by atoms with Crippen molar-refractivity contribution in [3.05, 3.63) is 35.4 Å². The van der Waals surface area contributed by atoms with E-state index < -0.39 is 6.10 Å². The van der Waals surface area contributed by atoms with Crippen molar-refractivity contribution in [2.75, 3.05) is 11.5 Å². The summed E-state index contributed by atoms with van der Waals surface area (Å²) in [6.07, 6.45) is 1.99. The standard InChI is InChI=1S/C12H18N2O/c1-3-8(2)6-12(15)10-7-9(13)4-5-11(10)14/h3-5,7,12,15H,6,13-14H2,1-2H3/b8-3+. The molecule has 0 saturated heterocycles. The molecule has 1 rings (SSSR count). The average Bonchev–Trinajstić information content (AvgIpc) is 2.21. The lowest BCUT2D eigenvalue weighted by molar-refractivity contribution is 0.179. The van der Waals surface area contributed by atoms with Gasteiger partial charge in [-0.1, -0.05) is 11.6 Å². The van der Waals surface area contributed by atoms with Gasteiger partial charge in [-0.3, -0.25) is 0 Å². The molecule has 0 aliphatic carbocycles. The van der Waals surface area contributed by atoms with Gasteiger partial charge < -0.3 is 16.6 Å². The highest BCUT2D eigenvalue weighted by atomic mass is 16.3. The first-order chi connectivity index (χ1) is 7.04. The summed E-state index contributed by atoms with van der Waals surface area (Å²) in [6.45, 7) is 3.93. The van der Waals surface area contributed by atoms with E-state index in [1.807, 2.05) is 19.9 Å². The SMILES string of the molecule is C/C=C(\C)CC(O)c1cc(N)ccc1N. The van der Waals surface area contributed by atoms with Crippen LogP contribution in [-0.4, -0.2) is 5.11 Å². The second kappa shape index (κ2) is 4.84. The number of nitrogens with two attached hydrogens (primary N) is 2. The van der Waals surface area contributed by atoms with Gasteiger partial charge >= 0.3 is 0 Å². The van der Waals surface area contributed by atoms with Crippen molar-refractivity contribution in [1.82, 2.24) is 0 Å². The molecule has 0 fully saturated rings. The summed E-state index contributed by atoms with van der Waals surface area (Å²) in [5.41, 5.74) is 14.5. The summed E-state index contributed by atoms with van der Waals surface area (Å²) in [5, 5.41) is 9.95. The van der Waals surface area contributed by atoms with Crippen LogP contribution in [0.1, 0.15) is 31.9 Å². The lowest BCUT2D eigenvalue weighted by atomic mass is 10.0. The number of aliphatic hydroxyl groups excluding tert-OH is 1. The molecule has 3 nitrogen and oxygen atoms in total. The van der Waals surface area contributed by atoms with E-state index in [0.717, 1.165) is 5.57 Å². The van der Waals surface area contributed by atoms with E-state index in [1.54, 1.807) is 18.2 Å². The molecule has 0 heterocycles. The highest BCUT2D eigenvalue weighted by Crippen LogP contribution is 2.27. The topological polar surface area (TPSA) is 72.3 Å². The van der Waals surface area contributed by atoms with E-state index >= 15 is 0 Å². The number of allylic oxidation sites excluding steroid dienone is 1. The second-order valence-electron chi connectivity index (χ2n) is 3.74. The summed E-state index contributed by atoms with van der Waals surface area (Å²) in [7, 11) is 0. The fourth-order valence-electron chi connectivity index (χ4n) is 1.41. The Kier molecular flexibility index (Phi) is 3.74. The van der Waals surface area contributed by atoms with Crippen LogP contribution in [0, 0.1) is 0 Å². The van der Waals surface area contributed by atoms with Crippen LogP contribution in [-0.2, 0) is 0 Å². The molecule has 1 aromatic carbocycles. The molecule has 0 aromatic heterocycles. The quantitative estimate of drug-likeness (QED) is 0.524. The van der Waals surface area contributed by atoms with E-state index in [-0.39, 0.29) is 0 Å². The van der Waals surface area contributed by atoms with Crippen molar-refractivity contribution in [3.63, 3.8) is 0 Å². The minimum Gasteiger partial charge on any atom is -0.399 e. The molecule has 1 unspecified atom stereocenters. The van der Waals surface area contributed by atoms with Crippen LogP contribution in [0.4, 0.5) is 11.4 Å². The molecule has 1 aromatic rings. The van der Waals surface area contributed by atoms with Gasteiger partial charge in [-0.15, -0.1) is 0 Å². The van der Waals surface area contributed by atoms with Crippen LogP contribution in [0.3, 0.4) is 0 Å². The van der Waals surface area contributed by atoms with Gasteiger partial charge in [0.1, 0.15) is 0 Å². The molecule has 0 amide bonds. The van der Waals surface area contributed by atoms with Crippen LogP contribution in [0.15, 0.2) is 29.8 Å². The molecule has 0 spiro atoms. The zero-order valence-electron chi connectivity index (χ0n) is 9.20. The van der Waals surface area contributed by atoms with E-state index in [1.165, 1.54) is 0 Å². The number of anilines is 2. The lowest BCUT2D eigenvalue weighted by Crippen LogP contribution is -2.03. The minimum absolute atomic E-state index is 0.579. The summed E-state index contributed by atoms with van der Waals surface area (Å²) in [6, 6.07) is 5.18. The Morgan fingerprint density at radius 1 is 1.47 bits per heavy atom. The Morgan fingerprint density at radius 2 is 2.13 bits per heavy atom. The van der Waals surface area contributed by atoms with Crippen molar-refractivity contribution in [2.24, 2.45) is 0 Å². The van der Waals surface area contributed by atoms with E-state index in [0.29, 0.717) is 23.4 Å². The van der Waals surface area contributed by atoms with Crippen LogP contribution in [0.2, 0.25) is 0 Å². The molecule has 3 heteroatoms. The maximum absolute atomic E-state index is 9.95. The minimum atomic E-state index is -0.579. The number of nitrogen functional groups attached to an aromatic ring is 2. The molecule has 0 aliphatic rings. The molecule has 0 saturated carbocycles. The first-order valence-electron chi connectivity index (χ1n) is 4.99. The van der Waals surface area contributed by atoms with Gasteiger partial charge in [-0.25, -0.2) is 0 Å². The third-order valence-electron chi connectivity index (χ3n) is 2.48. The van der Waals surface area contributed by atoms with Crippen LogP contribution >= 0.6 is 0 Å². The van der Waals surface area contributed by atoms with Crippen LogP contribution in [0.25, 0.3) is 0 Å². The largest absolute Gasteiger partial charge is 0.399 e. The summed E-state index contributed by atoms with van der Waals surface area (Å²) < 4.78 is 0. The number of hydrogen-bond donors (Lipinski definition) is 3. The molecule has 0 radical (unpaired) electrons. The van der Waals surface area contributed by atoms with Gasteiger partial charge in [0.2, 0.25) is 0 Å². The first-order valence-corrected chi connectivity index (χ1v) is 4.99. The zero-order valence-corrected chi connectivity index (χ0v) is 9.20. The second-order valence-corrected chi connectivity index (χ2v) is 3.74. The number of rotatable bonds is 3. The average molecular weight is 206 g/mol. The number of aliphatic hydroxyl groups is 1. The fraction of sp³-hybridized carbons (Fsp3) is 0.333. The molecule has 15 heavy (non-hydrogen) atoms. The monoisotopic (exact) mass is 206 g/mol. The van der Waals surface area contributed by atoms with Gasteiger partial charge in [0.25, 0.3) is 0 Å². The molecule has 1 atom stereocenters. The highest BCUT2D eigenvalue weighted by molar-refractivity contribution is 5.56. The smallest absolute Gasteiger partial charge is 0.0847 e. The Hall–Kier alpha value is -1.48. The van der Waals surface area contributed by atoms with Gasteiger partial charge in [-0.2, -0.15) is 0 Å². The van der Waals surface area contributed by atoms with Gasteiger partial charge in [0.05, 0.1) is 6.10 Å². The molecule has 0 bridgehead atoms. The van der Waals surface area contributed by atoms with E-state index in [9.17, 15) is 5.11 Å². The first kappa shape index (κ1) is 11.6. The van der Waals surface area contributed by atoms with Crippen molar-refractivity contribution >= 4 is 11.4 Å². The van der Waals surface area contributed by atoms with E-state index in [2.05, 4.69) is 0 Å². The Balaban J connectivity index is 2.90. The van der Waals surface area contributed by atoms with Gasteiger partial charge in [0, 0.05) is 16.9 Å². The maximum atomic E-state index is 9.95. The maximum Gasteiger partial charge on any atom is 0.0847 e. The summed E-state index contributed by atoms with van der Waals surface area (Å²) in [5.74, 6) is 0. The van der Waals surface area contributed by atoms with E-state index in [4.69, 9.17) is 11.5 Å².